The average Bonchev–Trinajstić information content (AvgIpc) is 1.89. The van der Waals surface area contributed by atoms with E-state index in [0.29, 0.717) is 6.61 Å². The third-order valence-corrected chi connectivity index (χ3v) is 2.58. The summed E-state index contributed by atoms with van der Waals surface area (Å²) in [6, 6.07) is 0. The van der Waals surface area contributed by atoms with E-state index in [2.05, 4.69) is 0 Å². The van der Waals surface area contributed by atoms with Gasteiger partial charge in [-0.1, -0.05) is 20.3 Å². The molecule has 1 N–H and O–H groups in total. The van der Waals surface area contributed by atoms with Crippen molar-refractivity contribution in [2.75, 3.05) is 12.8 Å². The van der Waals surface area contributed by atoms with Crippen LogP contribution in [0.2, 0.25) is 0 Å². The van der Waals surface area contributed by atoms with Crippen LogP contribution >= 0.6 is 7.60 Å². The van der Waals surface area contributed by atoms with Gasteiger partial charge >= 0.3 is 7.60 Å². The minimum Gasteiger partial charge on any atom is -0.324 e. The van der Waals surface area contributed by atoms with Crippen LogP contribution < -0.4 is 0 Å². The molecule has 71 valence electrons. The van der Waals surface area contributed by atoms with Gasteiger partial charge in [0, 0.05) is 22.9 Å². The molecule has 0 rings (SSSR count). The van der Waals surface area contributed by atoms with Crippen LogP contribution in [-0.4, -0.2) is 17.7 Å². The van der Waals surface area contributed by atoms with Gasteiger partial charge in [0.25, 0.3) is 0 Å². The number of rotatable bonds is 5. The molecule has 5 heteroatoms. The van der Waals surface area contributed by atoms with Crippen LogP contribution in [0.5, 0.6) is 0 Å². The van der Waals surface area contributed by atoms with Crippen LogP contribution in [0, 0.1) is 0 Å². The molecule has 0 amide bonds. The van der Waals surface area contributed by atoms with Crippen molar-refractivity contribution in [1.29, 1.82) is 0 Å². The van der Waals surface area contributed by atoms with E-state index >= 15 is 0 Å². The smallest absolute Gasteiger partial charge is 0.324 e. The summed E-state index contributed by atoms with van der Waals surface area (Å²) in [4.78, 5) is 8.88. The third kappa shape index (κ3) is 8.56. The van der Waals surface area contributed by atoms with Crippen LogP contribution in [0.1, 0.15) is 26.7 Å². The van der Waals surface area contributed by atoms with Gasteiger partial charge in [-0.3, -0.25) is 4.57 Å². The van der Waals surface area contributed by atoms with Gasteiger partial charge in [-0.25, -0.2) is 0 Å². The van der Waals surface area contributed by atoms with E-state index in [1.54, 1.807) is 6.92 Å². The van der Waals surface area contributed by atoms with Gasteiger partial charge in [0.05, 0.1) is 6.61 Å². The Hall–Kier alpha value is 0.656. The first-order chi connectivity index (χ1) is 4.62. The van der Waals surface area contributed by atoms with E-state index in [0.717, 1.165) is 12.8 Å². The molecule has 0 aromatic carbocycles. The molecule has 3 nitrogen and oxygen atoms in total. The summed E-state index contributed by atoms with van der Waals surface area (Å²) < 4.78 is 15.5. The standard InChI is InChI=1S/C6H15O3P.Co/c1-3-5-6-9-10(7,8)4-2;/h3-6H2,1-2H3,(H,7,8);. The predicted octanol–water partition coefficient (Wildman–Crippen LogP) is 2.01. The van der Waals surface area contributed by atoms with Crippen molar-refractivity contribution < 1.29 is 30.8 Å². The van der Waals surface area contributed by atoms with E-state index in [-0.39, 0.29) is 22.9 Å². The summed E-state index contributed by atoms with van der Waals surface area (Å²) in [7, 11) is -3.20. The number of hydrogen-bond acceptors (Lipinski definition) is 2. The van der Waals surface area contributed by atoms with Crippen LogP contribution in [0.25, 0.3) is 0 Å². The summed E-state index contributed by atoms with van der Waals surface area (Å²) in [5, 5.41) is 0. The monoisotopic (exact) mass is 225 g/mol. The quantitative estimate of drug-likeness (QED) is 0.575. The molecule has 0 heterocycles. The maximum atomic E-state index is 10.8. The molecule has 0 fully saturated rings. The zero-order valence-electron chi connectivity index (χ0n) is 6.87. The van der Waals surface area contributed by atoms with E-state index in [1.807, 2.05) is 6.92 Å². The molecular weight excluding hydrogens is 210 g/mol. The average molecular weight is 225 g/mol. The molecule has 0 aromatic heterocycles. The molecule has 11 heavy (non-hydrogen) atoms. The Balaban J connectivity index is 0. The van der Waals surface area contributed by atoms with Gasteiger partial charge in [0.1, 0.15) is 0 Å². The summed E-state index contributed by atoms with van der Waals surface area (Å²) in [6.45, 7) is 4.06. The van der Waals surface area contributed by atoms with Crippen molar-refractivity contribution in [1.82, 2.24) is 0 Å². The normalized spacial score (nSPS) is 15.2. The van der Waals surface area contributed by atoms with Crippen LogP contribution in [0.15, 0.2) is 0 Å². The summed E-state index contributed by atoms with van der Waals surface area (Å²) in [6.07, 6.45) is 2.05. The first-order valence-corrected chi connectivity index (χ1v) is 5.35. The molecule has 1 unspecified atom stereocenters. The number of hydrogen-bond donors (Lipinski definition) is 1. The number of unbranched alkanes of at least 4 members (excludes halogenated alkanes) is 1. The Morgan fingerprint density at radius 3 is 2.36 bits per heavy atom. The Kier molecular flexibility index (Phi) is 9.44. The molecule has 0 saturated carbocycles. The van der Waals surface area contributed by atoms with Crippen molar-refractivity contribution in [2.45, 2.75) is 26.7 Å². The van der Waals surface area contributed by atoms with Crippen LogP contribution in [-0.2, 0) is 25.9 Å². The molecule has 1 atom stereocenters. The summed E-state index contributed by atoms with van der Waals surface area (Å²) in [5.41, 5.74) is 0. The Morgan fingerprint density at radius 1 is 1.45 bits per heavy atom. The molecule has 0 aliphatic rings. The van der Waals surface area contributed by atoms with Crippen molar-refractivity contribution in [3.8, 4) is 0 Å². The molecular formula is C6H15CoO3P. The zero-order chi connectivity index (χ0) is 8.04. The Morgan fingerprint density at radius 2 is 2.00 bits per heavy atom. The van der Waals surface area contributed by atoms with Crippen molar-refractivity contribution in [3.05, 3.63) is 0 Å². The second-order valence-electron chi connectivity index (χ2n) is 2.14. The van der Waals surface area contributed by atoms with Crippen LogP contribution in [0.3, 0.4) is 0 Å². The van der Waals surface area contributed by atoms with Gasteiger partial charge in [-0.15, -0.1) is 0 Å². The summed E-state index contributed by atoms with van der Waals surface area (Å²) in [5.74, 6) is 0. The van der Waals surface area contributed by atoms with Crippen molar-refractivity contribution >= 4 is 7.60 Å². The third-order valence-electron chi connectivity index (χ3n) is 1.19. The first kappa shape index (κ1) is 14.2. The fourth-order valence-electron chi connectivity index (χ4n) is 0.443. The second kappa shape index (κ2) is 7.31. The minimum absolute atomic E-state index is 0. The van der Waals surface area contributed by atoms with Gasteiger partial charge in [-0.05, 0) is 6.42 Å². The first-order valence-electron chi connectivity index (χ1n) is 3.58. The molecule has 0 aromatic rings. The SMILES string of the molecule is CCCCOP(=O)(O)CC.[Co]. The van der Waals surface area contributed by atoms with E-state index in [9.17, 15) is 4.57 Å². The fourth-order valence-corrected chi connectivity index (χ4v) is 1.04. The predicted molar refractivity (Wildman–Crippen MR) is 41.2 cm³/mol. The minimum atomic E-state index is -3.20. The summed E-state index contributed by atoms with van der Waals surface area (Å²) >= 11 is 0. The van der Waals surface area contributed by atoms with Gasteiger partial charge in [0.2, 0.25) is 0 Å². The maximum absolute atomic E-state index is 10.8. The van der Waals surface area contributed by atoms with Gasteiger partial charge in [0.15, 0.2) is 0 Å². The van der Waals surface area contributed by atoms with E-state index < -0.39 is 7.60 Å². The van der Waals surface area contributed by atoms with E-state index in [1.165, 1.54) is 0 Å². The molecule has 0 saturated heterocycles. The second-order valence-corrected chi connectivity index (χ2v) is 4.31. The Bertz CT molecular complexity index is 129. The van der Waals surface area contributed by atoms with Gasteiger partial charge in [-0.2, -0.15) is 0 Å². The Labute approximate surface area is 78.3 Å². The van der Waals surface area contributed by atoms with Crippen LogP contribution in [0.4, 0.5) is 0 Å². The molecule has 0 aliphatic carbocycles. The molecule has 0 bridgehead atoms. The fraction of sp³-hybridized carbons (Fsp3) is 1.00. The van der Waals surface area contributed by atoms with Crippen molar-refractivity contribution in [3.63, 3.8) is 0 Å². The molecule has 0 aliphatic heterocycles. The van der Waals surface area contributed by atoms with E-state index in [4.69, 9.17) is 9.42 Å². The largest absolute Gasteiger partial charge is 0.327 e. The zero-order valence-corrected chi connectivity index (χ0v) is 8.81. The van der Waals surface area contributed by atoms with Gasteiger partial charge < -0.3 is 9.42 Å². The molecule has 0 spiro atoms. The molecule has 1 radical (unpaired) electrons. The maximum Gasteiger partial charge on any atom is 0.327 e. The topological polar surface area (TPSA) is 46.5 Å². The van der Waals surface area contributed by atoms with Crippen molar-refractivity contribution in [2.24, 2.45) is 0 Å².